The zero-order valence-electron chi connectivity index (χ0n) is 12.4. The van der Waals surface area contributed by atoms with Crippen molar-refractivity contribution < 1.29 is 9.53 Å². The zero-order valence-corrected chi connectivity index (χ0v) is 12.4. The van der Waals surface area contributed by atoms with Crippen molar-refractivity contribution in [2.24, 2.45) is 0 Å². The predicted molar refractivity (Wildman–Crippen MR) is 83.1 cm³/mol. The number of amides is 2. The van der Waals surface area contributed by atoms with E-state index in [1.165, 1.54) is 0 Å². The minimum absolute atomic E-state index is 0.0150. The van der Waals surface area contributed by atoms with Crippen LogP contribution in [0.4, 0.5) is 4.79 Å². The average Bonchev–Trinajstić information content (AvgIpc) is 3.05. The number of hydrogen-bond acceptors (Lipinski definition) is 3. The van der Waals surface area contributed by atoms with Crippen molar-refractivity contribution in [3.8, 4) is 5.69 Å². The molecular formula is C16H20N4O2. The Hall–Kier alpha value is -2.34. The molecule has 116 valence electrons. The van der Waals surface area contributed by atoms with Crippen molar-refractivity contribution >= 4 is 6.03 Å². The summed E-state index contributed by atoms with van der Waals surface area (Å²) in [5.74, 6) is 0. The van der Waals surface area contributed by atoms with Crippen LogP contribution < -0.4 is 5.32 Å². The number of benzene rings is 1. The first kappa shape index (κ1) is 14.6. The Morgan fingerprint density at radius 2 is 2.00 bits per heavy atom. The van der Waals surface area contributed by atoms with Gasteiger partial charge in [0.2, 0.25) is 0 Å². The van der Waals surface area contributed by atoms with E-state index in [1.807, 2.05) is 47.4 Å². The number of ether oxygens (including phenoxy) is 1. The Bertz CT molecular complexity index is 606. The van der Waals surface area contributed by atoms with Gasteiger partial charge in [0.05, 0.1) is 25.1 Å². The number of para-hydroxylation sites is 1. The Balaban J connectivity index is 1.48. The molecule has 0 bridgehead atoms. The predicted octanol–water partition coefficient (Wildman–Crippen LogP) is 1.46. The summed E-state index contributed by atoms with van der Waals surface area (Å²) in [7, 11) is 0. The molecule has 2 amide bonds. The minimum Gasteiger partial charge on any atom is -0.378 e. The van der Waals surface area contributed by atoms with E-state index in [0.29, 0.717) is 32.8 Å². The SMILES string of the molecule is O=C(NCCc1cnn(-c2ccccc2)c1)N1CCOCC1. The maximum absolute atomic E-state index is 12.0. The summed E-state index contributed by atoms with van der Waals surface area (Å²) >= 11 is 0. The topological polar surface area (TPSA) is 59.4 Å². The third-order valence-corrected chi connectivity index (χ3v) is 3.64. The second kappa shape index (κ2) is 7.09. The molecule has 0 unspecified atom stereocenters. The molecule has 1 fully saturated rings. The molecule has 6 heteroatoms. The van der Waals surface area contributed by atoms with Gasteiger partial charge in [-0.2, -0.15) is 5.10 Å². The van der Waals surface area contributed by atoms with Gasteiger partial charge in [0.25, 0.3) is 0 Å². The summed E-state index contributed by atoms with van der Waals surface area (Å²) < 4.78 is 7.08. The van der Waals surface area contributed by atoms with Gasteiger partial charge < -0.3 is 15.0 Å². The van der Waals surface area contributed by atoms with E-state index in [0.717, 1.165) is 17.7 Å². The van der Waals surface area contributed by atoms with Crippen molar-refractivity contribution in [1.82, 2.24) is 20.0 Å². The van der Waals surface area contributed by atoms with E-state index < -0.39 is 0 Å². The number of nitrogens with zero attached hydrogens (tertiary/aromatic N) is 3. The molecule has 0 atom stereocenters. The molecule has 1 aliphatic heterocycles. The van der Waals surface area contributed by atoms with Gasteiger partial charge in [-0.15, -0.1) is 0 Å². The zero-order chi connectivity index (χ0) is 15.2. The Kier molecular flexibility index (Phi) is 4.70. The summed E-state index contributed by atoms with van der Waals surface area (Å²) in [4.78, 5) is 13.7. The smallest absolute Gasteiger partial charge is 0.317 e. The molecule has 1 N–H and O–H groups in total. The lowest BCUT2D eigenvalue weighted by Crippen LogP contribution is -2.46. The molecule has 0 radical (unpaired) electrons. The lowest BCUT2D eigenvalue weighted by molar-refractivity contribution is 0.0533. The van der Waals surface area contributed by atoms with Gasteiger partial charge in [-0.05, 0) is 24.1 Å². The maximum atomic E-state index is 12.0. The van der Waals surface area contributed by atoms with Gasteiger partial charge >= 0.3 is 6.03 Å². The molecule has 1 aliphatic rings. The molecule has 2 heterocycles. The fraction of sp³-hybridized carbons (Fsp3) is 0.375. The lowest BCUT2D eigenvalue weighted by atomic mass is 10.2. The summed E-state index contributed by atoms with van der Waals surface area (Å²) in [6, 6.07) is 9.96. The van der Waals surface area contributed by atoms with Crippen LogP contribution in [0.25, 0.3) is 5.69 Å². The fourth-order valence-corrected chi connectivity index (χ4v) is 2.40. The minimum atomic E-state index is -0.0150. The van der Waals surface area contributed by atoms with Gasteiger partial charge in [0, 0.05) is 25.8 Å². The Morgan fingerprint density at radius 3 is 2.77 bits per heavy atom. The highest BCUT2D eigenvalue weighted by Gasteiger charge is 2.15. The number of hydrogen-bond donors (Lipinski definition) is 1. The first-order valence-corrected chi connectivity index (χ1v) is 7.52. The second-order valence-electron chi connectivity index (χ2n) is 5.21. The van der Waals surface area contributed by atoms with Gasteiger partial charge in [-0.3, -0.25) is 0 Å². The van der Waals surface area contributed by atoms with E-state index in [4.69, 9.17) is 4.74 Å². The van der Waals surface area contributed by atoms with Crippen molar-refractivity contribution in [2.75, 3.05) is 32.8 Å². The van der Waals surface area contributed by atoms with Crippen molar-refractivity contribution in [3.05, 3.63) is 48.3 Å². The molecule has 0 aliphatic carbocycles. The van der Waals surface area contributed by atoms with Crippen LogP contribution in [0.3, 0.4) is 0 Å². The molecule has 1 aromatic carbocycles. The lowest BCUT2D eigenvalue weighted by Gasteiger charge is -2.26. The molecular weight excluding hydrogens is 280 g/mol. The highest BCUT2D eigenvalue weighted by molar-refractivity contribution is 5.74. The third-order valence-electron chi connectivity index (χ3n) is 3.64. The van der Waals surface area contributed by atoms with E-state index in [-0.39, 0.29) is 6.03 Å². The molecule has 1 saturated heterocycles. The van der Waals surface area contributed by atoms with E-state index in [9.17, 15) is 4.79 Å². The first-order valence-electron chi connectivity index (χ1n) is 7.52. The summed E-state index contributed by atoms with van der Waals surface area (Å²) in [5.41, 5.74) is 2.14. The number of morpholine rings is 1. The van der Waals surface area contributed by atoms with Crippen LogP contribution in [0.1, 0.15) is 5.56 Å². The van der Waals surface area contributed by atoms with Crippen LogP contribution >= 0.6 is 0 Å². The fourth-order valence-electron chi connectivity index (χ4n) is 2.40. The van der Waals surface area contributed by atoms with Gasteiger partial charge in [0.15, 0.2) is 0 Å². The number of nitrogens with one attached hydrogen (secondary N) is 1. The van der Waals surface area contributed by atoms with E-state index in [1.54, 1.807) is 4.90 Å². The molecule has 22 heavy (non-hydrogen) atoms. The maximum Gasteiger partial charge on any atom is 0.317 e. The molecule has 3 rings (SSSR count). The number of aromatic nitrogens is 2. The van der Waals surface area contributed by atoms with Crippen molar-refractivity contribution in [3.63, 3.8) is 0 Å². The molecule has 0 saturated carbocycles. The monoisotopic (exact) mass is 300 g/mol. The van der Waals surface area contributed by atoms with E-state index in [2.05, 4.69) is 10.4 Å². The normalized spacial score (nSPS) is 14.8. The van der Waals surface area contributed by atoms with Crippen LogP contribution in [-0.2, 0) is 11.2 Å². The van der Waals surface area contributed by atoms with Crippen molar-refractivity contribution in [2.45, 2.75) is 6.42 Å². The quantitative estimate of drug-likeness (QED) is 0.930. The first-order chi connectivity index (χ1) is 10.8. The molecule has 6 nitrogen and oxygen atoms in total. The molecule has 0 spiro atoms. The molecule has 2 aromatic rings. The number of rotatable bonds is 4. The largest absolute Gasteiger partial charge is 0.378 e. The van der Waals surface area contributed by atoms with Crippen molar-refractivity contribution in [1.29, 1.82) is 0 Å². The van der Waals surface area contributed by atoms with Crippen LogP contribution in [0.2, 0.25) is 0 Å². The van der Waals surface area contributed by atoms with Gasteiger partial charge in [0.1, 0.15) is 0 Å². The second-order valence-corrected chi connectivity index (χ2v) is 5.21. The number of carbonyl (C=O) groups excluding carboxylic acids is 1. The molecule has 1 aromatic heterocycles. The number of carbonyl (C=O) groups is 1. The third kappa shape index (κ3) is 3.65. The number of urea groups is 1. The Labute approximate surface area is 129 Å². The average molecular weight is 300 g/mol. The summed E-state index contributed by atoms with van der Waals surface area (Å²) in [5, 5.41) is 7.30. The standard InChI is InChI=1S/C16H20N4O2/c21-16(19-8-10-22-11-9-19)17-7-6-14-12-18-20(13-14)15-4-2-1-3-5-15/h1-5,12-13H,6-11H2,(H,17,21). The van der Waals surface area contributed by atoms with Crippen LogP contribution in [0, 0.1) is 0 Å². The highest BCUT2D eigenvalue weighted by atomic mass is 16.5. The van der Waals surface area contributed by atoms with Gasteiger partial charge in [-0.1, -0.05) is 18.2 Å². The summed E-state index contributed by atoms with van der Waals surface area (Å²) in [6.45, 7) is 3.18. The van der Waals surface area contributed by atoms with E-state index >= 15 is 0 Å². The highest BCUT2D eigenvalue weighted by Crippen LogP contribution is 2.07. The summed E-state index contributed by atoms with van der Waals surface area (Å²) in [6.07, 6.45) is 4.60. The Morgan fingerprint density at radius 1 is 1.23 bits per heavy atom. The van der Waals surface area contributed by atoms with Crippen LogP contribution in [0.15, 0.2) is 42.7 Å². The van der Waals surface area contributed by atoms with Crippen LogP contribution in [0.5, 0.6) is 0 Å². The van der Waals surface area contributed by atoms with Gasteiger partial charge in [-0.25, -0.2) is 9.48 Å². The van der Waals surface area contributed by atoms with Crippen LogP contribution in [-0.4, -0.2) is 53.6 Å².